The van der Waals surface area contributed by atoms with E-state index in [0.29, 0.717) is 35.9 Å². The van der Waals surface area contributed by atoms with Crippen molar-refractivity contribution in [1.29, 1.82) is 0 Å². The van der Waals surface area contributed by atoms with Crippen molar-refractivity contribution in [1.82, 2.24) is 0 Å². The molecule has 2 heterocycles. The molecule has 2 unspecified atom stereocenters. The second kappa shape index (κ2) is 15.8. The quantitative estimate of drug-likeness (QED) is 0.103. The standard InChI is InChI=1S/C18H34O10Si2.C2H8Si/c1-29(2,9-5-7-21-11-15-13-23-17(19)25-15)27-28-30(3,4)10-6-8-22-12-16-14-24-18(20)26-16;1-3-2/h15-16H,5-14H2,1-4H3;3H2,1-2H3. The lowest BCUT2D eigenvalue weighted by molar-refractivity contribution is -0.126. The van der Waals surface area contributed by atoms with Gasteiger partial charge in [0.2, 0.25) is 16.6 Å². The van der Waals surface area contributed by atoms with Crippen LogP contribution >= 0.6 is 0 Å². The van der Waals surface area contributed by atoms with E-state index in [-0.39, 0.29) is 25.4 Å². The van der Waals surface area contributed by atoms with E-state index in [9.17, 15) is 9.59 Å². The van der Waals surface area contributed by atoms with E-state index >= 15 is 0 Å². The summed E-state index contributed by atoms with van der Waals surface area (Å²) in [6.45, 7) is 15.4. The highest BCUT2D eigenvalue weighted by atomic mass is 28.4. The molecule has 10 nitrogen and oxygen atoms in total. The zero-order valence-electron chi connectivity index (χ0n) is 21.0. The predicted molar refractivity (Wildman–Crippen MR) is 130 cm³/mol. The van der Waals surface area contributed by atoms with E-state index in [1.54, 1.807) is 0 Å². The Labute approximate surface area is 201 Å². The summed E-state index contributed by atoms with van der Waals surface area (Å²) >= 11 is 0. The summed E-state index contributed by atoms with van der Waals surface area (Å²) in [5.41, 5.74) is 0. The number of rotatable bonds is 15. The van der Waals surface area contributed by atoms with Crippen LogP contribution in [0.15, 0.2) is 0 Å². The van der Waals surface area contributed by atoms with Gasteiger partial charge in [0.25, 0.3) is 0 Å². The molecule has 13 heteroatoms. The van der Waals surface area contributed by atoms with Gasteiger partial charge in [-0.25, -0.2) is 9.59 Å². The monoisotopic (exact) mass is 526 g/mol. The highest BCUT2D eigenvalue weighted by Gasteiger charge is 2.31. The van der Waals surface area contributed by atoms with Gasteiger partial charge in [-0.15, -0.1) is 0 Å². The van der Waals surface area contributed by atoms with Crippen LogP contribution in [0.5, 0.6) is 0 Å². The number of ether oxygens (including phenoxy) is 6. The van der Waals surface area contributed by atoms with E-state index in [1.165, 1.54) is 0 Å². The van der Waals surface area contributed by atoms with Crippen molar-refractivity contribution in [2.75, 3.05) is 39.6 Å². The normalized spacial score (nSPS) is 20.4. The fourth-order valence-corrected chi connectivity index (χ4v) is 6.80. The number of carbonyl (C=O) groups excluding carboxylic acids is 2. The van der Waals surface area contributed by atoms with Crippen LogP contribution in [0.1, 0.15) is 12.8 Å². The lowest BCUT2D eigenvalue weighted by Gasteiger charge is -2.28. The summed E-state index contributed by atoms with van der Waals surface area (Å²) in [5.74, 6) is 0. The summed E-state index contributed by atoms with van der Waals surface area (Å²) in [7, 11) is -3.49. The van der Waals surface area contributed by atoms with Crippen molar-refractivity contribution >= 4 is 38.5 Å². The molecule has 0 bridgehead atoms. The maximum atomic E-state index is 10.8. The molecule has 2 saturated heterocycles. The van der Waals surface area contributed by atoms with Crippen LogP contribution in [0.25, 0.3) is 0 Å². The van der Waals surface area contributed by atoms with Crippen LogP contribution in [0, 0.1) is 0 Å². The first-order valence-corrected chi connectivity index (χ1v) is 20.8. The molecule has 0 aliphatic carbocycles. The number of hydrogen-bond donors (Lipinski definition) is 0. The number of hydrogen-bond acceptors (Lipinski definition) is 10. The van der Waals surface area contributed by atoms with Gasteiger partial charge in [0.1, 0.15) is 13.2 Å². The molecule has 0 amide bonds. The minimum atomic E-state index is -1.96. The molecule has 2 fully saturated rings. The largest absolute Gasteiger partial charge is 0.508 e. The maximum Gasteiger partial charge on any atom is 0.508 e. The molecule has 0 aromatic rings. The number of cyclic esters (lactones) is 4. The molecule has 0 aromatic heterocycles. The zero-order chi connectivity index (χ0) is 24.7. The molecule has 0 radical (unpaired) electrons. The third-order valence-electron chi connectivity index (χ3n) is 4.54. The van der Waals surface area contributed by atoms with Gasteiger partial charge in [0.15, 0.2) is 12.2 Å². The first-order valence-electron chi connectivity index (χ1n) is 11.8. The van der Waals surface area contributed by atoms with Gasteiger partial charge in [-0.1, -0.05) is 13.1 Å². The van der Waals surface area contributed by atoms with Crippen LogP contribution in [0.3, 0.4) is 0 Å². The molecule has 0 aromatic carbocycles. The van der Waals surface area contributed by atoms with E-state index in [0.717, 1.165) is 24.9 Å². The second-order valence-corrected chi connectivity index (χ2v) is 19.1. The Morgan fingerprint density at radius 1 is 0.788 bits per heavy atom. The smallest absolute Gasteiger partial charge is 0.430 e. The molecule has 2 atom stereocenters. The summed E-state index contributed by atoms with van der Waals surface area (Å²) in [4.78, 5) is 21.7. The van der Waals surface area contributed by atoms with Crippen LogP contribution in [-0.4, -0.2) is 90.3 Å². The molecule has 2 aliphatic heterocycles. The van der Waals surface area contributed by atoms with Gasteiger partial charge in [0, 0.05) is 22.7 Å². The Morgan fingerprint density at radius 3 is 1.45 bits per heavy atom. The van der Waals surface area contributed by atoms with Crippen LogP contribution in [-0.2, 0) is 37.6 Å². The Balaban J connectivity index is 0.00000172. The van der Waals surface area contributed by atoms with Crippen LogP contribution < -0.4 is 0 Å². The molecular weight excluding hydrogens is 484 g/mol. The van der Waals surface area contributed by atoms with Crippen molar-refractivity contribution in [3.63, 3.8) is 0 Å². The van der Waals surface area contributed by atoms with E-state index < -0.39 is 28.9 Å². The summed E-state index contributed by atoms with van der Waals surface area (Å²) in [5, 5.41) is 0. The second-order valence-electron chi connectivity index (χ2n) is 9.35. The lowest BCUT2D eigenvalue weighted by Crippen LogP contribution is -2.39. The molecule has 2 rings (SSSR count). The molecule has 194 valence electrons. The fraction of sp³-hybridized carbons (Fsp3) is 0.900. The van der Waals surface area contributed by atoms with Crippen LogP contribution in [0.2, 0.25) is 51.4 Å². The van der Waals surface area contributed by atoms with Crippen molar-refractivity contribution in [3.8, 4) is 0 Å². The van der Waals surface area contributed by atoms with Crippen molar-refractivity contribution < 1.29 is 47.2 Å². The Kier molecular flexibility index (Phi) is 14.4. The highest BCUT2D eigenvalue weighted by Crippen LogP contribution is 2.21. The summed E-state index contributed by atoms with van der Waals surface area (Å²) in [6, 6.07) is 1.81. The molecule has 0 saturated carbocycles. The Bertz CT molecular complexity index is 528. The van der Waals surface area contributed by atoms with E-state index in [1.807, 2.05) is 0 Å². The number of carbonyl (C=O) groups is 2. The Morgan fingerprint density at radius 2 is 1.15 bits per heavy atom. The molecular formula is C20H42O10Si3. The van der Waals surface area contributed by atoms with Crippen molar-refractivity contribution in [2.45, 2.75) is 76.4 Å². The first kappa shape index (κ1) is 30.1. The molecule has 0 spiro atoms. The maximum absolute atomic E-state index is 10.8. The topological polar surface area (TPSA) is 108 Å². The zero-order valence-corrected chi connectivity index (χ0v) is 24.4. The van der Waals surface area contributed by atoms with Gasteiger partial charge in [-0.2, -0.15) is 0 Å². The van der Waals surface area contributed by atoms with Gasteiger partial charge < -0.3 is 28.4 Å². The SMILES string of the molecule is C[SiH2]C.C[Si](C)(CCCOCC1COC(=O)O1)OO[Si](C)(C)CCCOCC1COC(=O)O1. The summed E-state index contributed by atoms with van der Waals surface area (Å²) < 4.78 is 42.1. The fourth-order valence-electron chi connectivity index (χ4n) is 2.83. The minimum Gasteiger partial charge on any atom is -0.430 e. The van der Waals surface area contributed by atoms with Gasteiger partial charge in [-0.05, 0) is 51.1 Å². The lowest BCUT2D eigenvalue weighted by atomic mass is 10.4. The van der Waals surface area contributed by atoms with Gasteiger partial charge >= 0.3 is 12.3 Å². The van der Waals surface area contributed by atoms with Gasteiger partial charge in [-0.3, -0.25) is 9.15 Å². The molecule has 0 N–H and O–H groups in total. The third kappa shape index (κ3) is 14.8. The third-order valence-corrected chi connectivity index (χ3v) is 8.89. The van der Waals surface area contributed by atoms with E-state index in [4.69, 9.17) is 37.6 Å². The Hall–Kier alpha value is -0.969. The predicted octanol–water partition coefficient (Wildman–Crippen LogP) is 3.48. The molecule has 2 aliphatic rings. The van der Waals surface area contributed by atoms with Gasteiger partial charge in [0.05, 0.1) is 13.2 Å². The average Bonchev–Trinajstić information content (AvgIpc) is 3.34. The highest BCUT2D eigenvalue weighted by molar-refractivity contribution is 6.73. The van der Waals surface area contributed by atoms with Crippen LogP contribution in [0.4, 0.5) is 9.59 Å². The first-order chi connectivity index (χ1) is 15.6. The summed E-state index contributed by atoms with van der Waals surface area (Å²) in [6.07, 6.45) is -0.158. The van der Waals surface area contributed by atoms with E-state index in [2.05, 4.69) is 39.3 Å². The van der Waals surface area contributed by atoms with Crippen molar-refractivity contribution in [2.24, 2.45) is 0 Å². The minimum absolute atomic E-state index is 0.253. The molecule has 33 heavy (non-hydrogen) atoms. The van der Waals surface area contributed by atoms with Crippen molar-refractivity contribution in [3.05, 3.63) is 0 Å². The average molecular weight is 527 g/mol.